The quantitative estimate of drug-likeness (QED) is 0.884. The van der Waals surface area contributed by atoms with E-state index >= 15 is 0 Å². The van der Waals surface area contributed by atoms with E-state index in [0.29, 0.717) is 32.8 Å². The van der Waals surface area contributed by atoms with Crippen LogP contribution >= 0.6 is 12.4 Å². The third-order valence-electron chi connectivity index (χ3n) is 4.18. The fourth-order valence-corrected chi connectivity index (χ4v) is 2.96. The highest BCUT2D eigenvalue weighted by molar-refractivity contribution is 5.85. The van der Waals surface area contributed by atoms with Crippen LogP contribution in [0.4, 0.5) is 4.39 Å². The molecule has 1 aromatic carbocycles. The van der Waals surface area contributed by atoms with E-state index in [4.69, 9.17) is 9.47 Å². The average Bonchev–Trinajstić information content (AvgIpc) is 2.55. The molecule has 0 spiro atoms. The summed E-state index contributed by atoms with van der Waals surface area (Å²) in [5, 5.41) is 3.21. The Hall–Kier alpha value is -1.21. The fourth-order valence-electron chi connectivity index (χ4n) is 2.96. The molecule has 0 aromatic heterocycles. The van der Waals surface area contributed by atoms with Crippen molar-refractivity contribution < 1.29 is 18.7 Å². The van der Waals surface area contributed by atoms with Crippen molar-refractivity contribution in [1.82, 2.24) is 10.2 Å². The van der Waals surface area contributed by atoms with Crippen molar-refractivity contribution in [2.75, 3.05) is 32.8 Å². The number of hydrogen-bond donors (Lipinski definition) is 1. The molecule has 2 heterocycles. The Balaban J connectivity index is 0.00000192. The second kappa shape index (κ2) is 8.06. The molecule has 3 atom stereocenters. The molecule has 2 aliphatic rings. The van der Waals surface area contributed by atoms with E-state index in [1.807, 2.05) is 13.0 Å². The normalized spacial score (nSPS) is 28.1. The van der Waals surface area contributed by atoms with E-state index in [1.54, 1.807) is 11.0 Å². The van der Waals surface area contributed by atoms with E-state index in [0.717, 1.165) is 5.56 Å². The van der Waals surface area contributed by atoms with Gasteiger partial charge in [-0.05, 0) is 24.6 Å². The van der Waals surface area contributed by atoms with Gasteiger partial charge in [0.25, 0.3) is 0 Å². The predicted molar refractivity (Wildman–Crippen MR) is 86.1 cm³/mol. The van der Waals surface area contributed by atoms with Crippen molar-refractivity contribution in [2.24, 2.45) is 0 Å². The molecule has 2 aliphatic heterocycles. The van der Waals surface area contributed by atoms with Crippen LogP contribution in [-0.4, -0.2) is 55.8 Å². The van der Waals surface area contributed by atoms with E-state index in [-0.39, 0.29) is 42.4 Å². The smallest absolute Gasteiger partial charge is 0.242 e. The van der Waals surface area contributed by atoms with Crippen molar-refractivity contribution in [3.05, 3.63) is 35.6 Å². The Morgan fingerprint density at radius 3 is 2.91 bits per heavy atom. The van der Waals surface area contributed by atoms with Crippen LogP contribution in [0.3, 0.4) is 0 Å². The molecule has 1 aromatic rings. The summed E-state index contributed by atoms with van der Waals surface area (Å²) < 4.78 is 24.6. The molecule has 2 saturated heterocycles. The van der Waals surface area contributed by atoms with Crippen LogP contribution in [0.2, 0.25) is 0 Å². The zero-order valence-corrected chi connectivity index (χ0v) is 13.9. The second-order valence-corrected chi connectivity index (χ2v) is 5.71. The number of nitrogens with zero attached hydrogens (tertiary/aromatic N) is 1. The van der Waals surface area contributed by atoms with E-state index < -0.39 is 0 Å². The highest BCUT2D eigenvalue weighted by Crippen LogP contribution is 2.23. The lowest BCUT2D eigenvalue weighted by atomic mass is 10.1. The molecule has 23 heavy (non-hydrogen) atoms. The number of hydrogen-bond acceptors (Lipinski definition) is 4. The van der Waals surface area contributed by atoms with Crippen LogP contribution in [0.15, 0.2) is 24.3 Å². The van der Waals surface area contributed by atoms with Crippen LogP contribution < -0.4 is 5.32 Å². The summed E-state index contributed by atoms with van der Waals surface area (Å²) in [5.74, 6) is -0.266. The Kier molecular flexibility index (Phi) is 6.35. The second-order valence-electron chi connectivity index (χ2n) is 5.71. The van der Waals surface area contributed by atoms with E-state index in [2.05, 4.69) is 5.32 Å². The van der Waals surface area contributed by atoms with Gasteiger partial charge in [-0.15, -0.1) is 12.4 Å². The first-order valence-electron chi connectivity index (χ1n) is 7.66. The van der Waals surface area contributed by atoms with Crippen LogP contribution in [0.25, 0.3) is 0 Å². The molecule has 2 fully saturated rings. The van der Waals surface area contributed by atoms with Crippen molar-refractivity contribution in [3.63, 3.8) is 0 Å². The van der Waals surface area contributed by atoms with Crippen molar-refractivity contribution in [1.29, 1.82) is 0 Å². The monoisotopic (exact) mass is 344 g/mol. The highest BCUT2D eigenvalue weighted by atomic mass is 35.5. The summed E-state index contributed by atoms with van der Waals surface area (Å²) in [7, 11) is 0. The average molecular weight is 345 g/mol. The van der Waals surface area contributed by atoms with Gasteiger partial charge in [-0.2, -0.15) is 0 Å². The number of carbonyl (C=O) groups excluding carboxylic acids is 1. The van der Waals surface area contributed by atoms with Gasteiger partial charge < -0.3 is 19.7 Å². The first-order valence-corrected chi connectivity index (χ1v) is 7.66. The molecule has 0 saturated carbocycles. The number of morpholine rings is 2. The molecule has 128 valence electrons. The number of carbonyl (C=O) groups is 1. The Labute approximate surface area is 141 Å². The maximum Gasteiger partial charge on any atom is 0.242 e. The molecule has 1 amide bonds. The van der Waals surface area contributed by atoms with Crippen LogP contribution in [0.1, 0.15) is 18.6 Å². The van der Waals surface area contributed by atoms with Crippen LogP contribution in [-0.2, 0) is 14.3 Å². The number of nitrogens with one attached hydrogen (secondary N) is 1. The number of benzene rings is 1. The third-order valence-corrected chi connectivity index (χ3v) is 4.18. The van der Waals surface area contributed by atoms with Gasteiger partial charge in [0.05, 0.1) is 25.9 Å². The summed E-state index contributed by atoms with van der Waals surface area (Å²) in [5.41, 5.74) is 0.762. The van der Waals surface area contributed by atoms with Crippen LogP contribution in [0.5, 0.6) is 0 Å². The number of amides is 1. The minimum absolute atomic E-state index is 0. The zero-order valence-electron chi connectivity index (χ0n) is 13.0. The highest BCUT2D eigenvalue weighted by Gasteiger charge is 2.34. The Bertz CT molecular complexity index is 546. The molecule has 0 radical (unpaired) electrons. The molecule has 1 N–H and O–H groups in total. The van der Waals surface area contributed by atoms with Gasteiger partial charge in [-0.3, -0.25) is 4.79 Å². The minimum Gasteiger partial charge on any atom is -0.375 e. The summed E-state index contributed by atoms with van der Waals surface area (Å²) >= 11 is 0. The van der Waals surface area contributed by atoms with Gasteiger partial charge in [-0.1, -0.05) is 12.1 Å². The lowest BCUT2D eigenvalue weighted by Gasteiger charge is -2.38. The Morgan fingerprint density at radius 1 is 1.35 bits per heavy atom. The molecule has 1 unspecified atom stereocenters. The SMILES string of the molecule is C[C@H]1OCCN[C@@H]1C(=O)N1CCOC(c2cccc(F)c2)C1.Cl. The largest absolute Gasteiger partial charge is 0.375 e. The zero-order chi connectivity index (χ0) is 15.5. The molecular weight excluding hydrogens is 323 g/mol. The summed E-state index contributed by atoms with van der Waals surface area (Å²) in [6.45, 7) is 4.65. The summed E-state index contributed by atoms with van der Waals surface area (Å²) in [4.78, 5) is 14.4. The molecular formula is C16H22ClFN2O3. The maximum absolute atomic E-state index is 13.4. The van der Waals surface area contributed by atoms with Gasteiger partial charge in [0.2, 0.25) is 5.91 Å². The molecule has 0 aliphatic carbocycles. The van der Waals surface area contributed by atoms with E-state index in [9.17, 15) is 9.18 Å². The Morgan fingerprint density at radius 2 is 2.17 bits per heavy atom. The maximum atomic E-state index is 13.4. The fraction of sp³-hybridized carbons (Fsp3) is 0.562. The minimum atomic E-state index is -0.319. The number of halogens is 2. The lowest BCUT2D eigenvalue weighted by Crippen LogP contribution is -2.58. The molecule has 0 bridgehead atoms. The first kappa shape index (κ1) is 18.1. The van der Waals surface area contributed by atoms with Crippen LogP contribution in [0, 0.1) is 5.82 Å². The van der Waals surface area contributed by atoms with Gasteiger partial charge in [0, 0.05) is 13.1 Å². The molecule has 3 rings (SSSR count). The van der Waals surface area contributed by atoms with Gasteiger partial charge in [0.15, 0.2) is 0 Å². The van der Waals surface area contributed by atoms with Crippen molar-refractivity contribution in [2.45, 2.75) is 25.2 Å². The van der Waals surface area contributed by atoms with Gasteiger partial charge in [-0.25, -0.2) is 4.39 Å². The van der Waals surface area contributed by atoms with Crippen molar-refractivity contribution in [3.8, 4) is 0 Å². The predicted octanol–water partition coefficient (Wildman–Crippen LogP) is 1.52. The topological polar surface area (TPSA) is 50.8 Å². The summed E-state index contributed by atoms with van der Waals surface area (Å²) in [6, 6.07) is 6.03. The molecule has 7 heteroatoms. The number of ether oxygens (including phenoxy) is 2. The van der Waals surface area contributed by atoms with Gasteiger partial charge in [0.1, 0.15) is 18.0 Å². The lowest BCUT2D eigenvalue weighted by molar-refractivity contribution is -0.147. The standard InChI is InChI=1S/C16H21FN2O3.ClH/c1-11-15(18-5-7-21-11)16(20)19-6-8-22-14(10-19)12-3-2-4-13(17)9-12;/h2-4,9,11,14-15,18H,5-8,10H2,1H3;1H/t11-,14?,15+;/m1./s1. The van der Waals surface area contributed by atoms with Gasteiger partial charge >= 0.3 is 0 Å². The summed E-state index contributed by atoms with van der Waals surface area (Å²) in [6.07, 6.45) is -0.426. The van der Waals surface area contributed by atoms with Crippen molar-refractivity contribution >= 4 is 18.3 Å². The third kappa shape index (κ3) is 4.20. The van der Waals surface area contributed by atoms with E-state index in [1.165, 1.54) is 12.1 Å². The first-order chi connectivity index (χ1) is 10.6. The molecule has 5 nitrogen and oxygen atoms in total. The number of rotatable bonds is 2.